The Bertz CT molecular complexity index is 2730. The van der Waals surface area contributed by atoms with Crippen molar-refractivity contribution in [2.24, 2.45) is 0 Å². The molecule has 0 amide bonds. The molecule has 0 unspecified atom stereocenters. The van der Waals surface area contributed by atoms with Gasteiger partial charge in [0.25, 0.3) is 0 Å². The zero-order valence-electron chi connectivity index (χ0n) is 26.2. The molecule has 0 bridgehead atoms. The Morgan fingerprint density at radius 1 is 0.449 bits per heavy atom. The first kappa shape index (κ1) is 28.3. The molecule has 0 aliphatic heterocycles. The molecule has 5 nitrogen and oxygen atoms in total. The molecule has 49 heavy (non-hydrogen) atoms. The molecule has 0 atom stereocenters. The number of hydrogen-bond acceptors (Lipinski definition) is 5. The smallest absolute Gasteiger partial charge is 0.164 e. The molecule has 7 aromatic carbocycles. The predicted molar refractivity (Wildman–Crippen MR) is 197 cm³/mol. The van der Waals surface area contributed by atoms with E-state index in [9.17, 15) is 5.26 Å². The number of nitriles is 1. The highest BCUT2D eigenvalue weighted by Crippen LogP contribution is 2.42. The third kappa shape index (κ3) is 5.09. The van der Waals surface area contributed by atoms with Crippen LogP contribution < -0.4 is 0 Å². The molecule has 0 N–H and O–H groups in total. The second kappa shape index (κ2) is 11.7. The van der Waals surface area contributed by atoms with Crippen LogP contribution in [-0.4, -0.2) is 15.0 Å². The highest BCUT2D eigenvalue weighted by atomic mass is 16.3. The molecular weight excluding hydrogens is 601 g/mol. The Morgan fingerprint density at radius 3 is 1.80 bits per heavy atom. The molecule has 228 valence electrons. The molecule has 0 saturated heterocycles. The van der Waals surface area contributed by atoms with Crippen LogP contribution in [0.4, 0.5) is 0 Å². The van der Waals surface area contributed by atoms with E-state index in [-0.39, 0.29) is 0 Å². The van der Waals surface area contributed by atoms with E-state index in [1.165, 1.54) is 0 Å². The minimum Gasteiger partial charge on any atom is -0.455 e. The summed E-state index contributed by atoms with van der Waals surface area (Å²) in [5, 5.41) is 13.8. The van der Waals surface area contributed by atoms with Crippen molar-refractivity contribution >= 4 is 32.7 Å². The fraction of sp³-hybridized carbons (Fsp3) is 0. The first-order chi connectivity index (χ1) is 24.2. The summed E-state index contributed by atoms with van der Waals surface area (Å²) in [5.74, 6) is 1.69. The molecule has 2 aromatic heterocycles. The summed E-state index contributed by atoms with van der Waals surface area (Å²) in [6, 6.07) is 55.2. The minimum atomic E-state index is 0.552. The number of aromatic nitrogens is 3. The molecule has 0 radical (unpaired) electrons. The number of benzene rings is 7. The molecular formula is C44H26N4O. The van der Waals surface area contributed by atoms with E-state index in [4.69, 9.17) is 19.4 Å². The molecule has 5 heteroatoms. The van der Waals surface area contributed by atoms with Crippen LogP contribution in [-0.2, 0) is 0 Å². The number of rotatable bonds is 5. The Labute approximate surface area is 282 Å². The van der Waals surface area contributed by atoms with E-state index in [0.29, 0.717) is 23.0 Å². The van der Waals surface area contributed by atoms with Crippen LogP contribution in [0.1, 0.15) is 5.56 Å². The molecule has 9 aromatic rings. The largest absolute Gasteiger partial charge is 0.455 e. The van der Waals surface area contributed by atoms with Crippen LogP contribution >= 0.6 is 0 Å². The first-order valence-corrected chi connectivity index (χ1v) is 16.1. The normalized spacial score (nSPS) is 11.2. The summed E-state index contributed by atoms with van der Waals surface area (Å²) in [6.07, 6.45) is 0. The SMILES string of the molecule is N#Cc1cccc(-c2cccc(-c3nc(-c4ccccc4)nc(-c4ccc5c(c4)oc4c6ccccc6cc(-c6ccccc6)c54)n3)c2)c1. The maximum Gasteiger partial charge on any atom is 0.164 e. The van der Waals surface area contributed by atoms with Crippen molar-refractivity contribution in [3.8, 4) is 62.5 Å². The zero-order valence-corrected chi connectivity index (χ0v) is 26.2. The molecule has 0 aliphatic carbocycles. The number of furan rings is 1. The Balaban J connectivity index is 1.23. The van der Waals surface area contributed by atoms with Crippen molar-refractivity contribution in [2.45, 2.75) is 0 Å². The van der Waals surface area contributed by atoms with Crippen LogP contribution in [0, 0.1) is 11.3 Å². The lowest BCUT2D eigenvalue weighted by atomic mass is 9.95. The van der Waals surface area contributed by atoms with E-state index in [2.05, 4.69) is 78.9 Å². The summed E-state index contributed by atoms with van der Waals surface area (Å²) in [6.45, 7) is 0. The Kier molecular flexibility index (Phi) is 6.78. The topological polar surface area (TPSA) is 75.6 Å². The van der Waals surface area contributed by atoms with Gasteiger partial charge in [0.1, 0.15) is 11.2 Å². The summed E-state index contributed by atoms with van der Waals surface area (Å²) < 4.78 is 6.71. The fourth-order valence-corrected chi connectivity index (χ4v) is 6.55. The van der Waals surface area contributed by atoms with E-state index in [1.807, 2.05) is 84.9 Å². The number of hydrogen-bond donors (Lipinski definition) is 0. The van der Waals surface area contributed by atoms with Gasteiger partial charge in [-0.1, -0.05) is 121 Å². The summed E-state index contributed by atoms with van der Waals surface area (Å²) in [5.41, 5.74) is 9.03. The standard InChI is InChI=1S/C44H26N4O/c45-27-28-11-9-17-31(23-28)32-18-10-19-34(24-32)43-46-42(30-14-5-2-6-15-30)47-44(48-43)35-21-22-37-39(26-35)49-41-36-20-8-7-16-33(36)25-38(40(37)41)29-12-3-1-4-13-29/h1-26H. The van der Waals surface area contributed by atoms with Crippen LogP contribution in [0.15, 0.2) is 162 Å². The lowest BCUT2D eigenvalue weighted by Gasteiger charge is -2.10. The van der Waals surface area contributed by atoms with Gasteiger partial charge in [0, 0.05) is 32.8 Å². The highest BCUT2D eigenvalue weighted by molar-refractivity contribution is 6.21. The minimum absolute atomic E-state index is 0.552. The molecule has 2 heterocycles. The van der Waals surface area contributed by atoms with Gasteiger partial charge >= 0.3 is 0 Å². The zero-order chi connectivity index (χ0) is 32.7. The van der Waals surface area contributed by atoms with Crippen molar-refractivity contribution in [2.75, 3.05) is 0 Å². The molecule has 0 aliphatic rings. The first-order valence-electron chi connectivity index (χ1n) is 16.1. The summed E-state index contributed by atoms with van der Waals surface area (Å²) >= 11 is 0. The van der Waals surface area contributed by atoms with Crippen molar-refractivity contribution in [1.29, 1.82) is 5.26 Å². The van der Waals surface area contributed by atoms with E-state index < -0.39 is 0 Å². The second-order valence-electron chi connectivity index (χ2n) is 12.0. The monoisotopic (exact) mass is 626 g/mol. The average molecular weight is 627 g/mol. The lowest BCUT2D eigenvalue weighted by Crippen LogP contribution is -2.00. The van der Waals surface area contributed by atoms with Gasteiger partial charge in [-0.05, 0) is 64.0 Å². The van der Waals surface area contributed by atoms with Gasteiger partial charge in [0.05, 0.1) is 11.6 Å². The van der Waals surface area contributed by atoms with E-state index in [0.717, 1.165) is 71.7 Å². The van der Waals surface area contributed by atoms with Crippen molar-refractivity contribution in [3.05, 3.63) is 163 Å². The lowest BCUT2D eigenvalue weighted by molar-refractivity contribution is 0.673. The van der Waals surface area contributed by atoms with Crippen LogP contribution in [0.5, 0.6) is 0 Å². The molecule has 0 fully saturated rings. The second-order valence-corrected chi connectivity index (χ2v) is 12.0. The van der Waals surface area contributed by atoms with Gasteiger partial charge in [-0.2, -0.15) is 5.26 Å². The molecule has 0 spiro atoms. The van der Waals surface area contributed by atoms with E-state index >= 15 is 0 Å². The van der Waals surface area contributed by atoms with Gasteiger partial charge in [0.15, 0.2) is 17.5 Å². The predicted octanol–water partition coefficient (Wildman–Crippen LogP) is 11.1. The van der Waals surface area contributed by atoms with Crippen molar-refractivity contribution in [1.82, 2.24) is 15.0 Å². The van der Waals surface area contributed by atoms with Gasteiger partial charge < -0.3 is 4.42 Å². The third-order valence-corrected chi connectivity index (χ3v) is 8.92. The highest BCUT2D eigenvalue weighted by Gasteiger charge is 2.19. The molecule has 0 saturated carbocycles. The molecule has 9 rings (SSSR count). The third-order valence-electron chi connectivity index (χ3n) is 8.92. The number of nitrogens with zero attached hydrogens (tertiary/aromatic N) is 4. The van der Waals surface area contributed by atoms with Crippen molar-refractivity contribution < 1.29 is 4.42 Å². The van der Waals surface area contributed by atoms with Gasteiger partial charge in [0.2, 0.25) is 0 Å². The summed E-state index contributed by atoms with van der Waals surface area (Å²) in [4.78, 5) is 15.0. The quantitative estimate of drug-likeness (QED) is 0.190. The Morgan fingerprint density at radius 2 is 1.04 bits per heavy atom. The summed E-state index contributed by atoms with van der Waals surface area (Å²) in [7, 11) is 0. The maximum atomic E-state index is 9.46. The van der Waals surface area contributed by atoms with Gasteiger partial charge in [-0.15, -0.1) is 0 Å². The fourth-order valence-electron chi connectivity index (χ4n) is 6.55. The van der Waals surface area contributed by atoms with E-state index in [1.54, 1.807) is 0 Å². The van der Waals surface area contributed by atoms with Gasteiger partial charge in [-0.25, -0.2) is 15.0 Å². The Hall–Kier alpha value is -6.90. The van der Waals surface area contributed by atoms with Gasteiger partial charge in [-0.3, -0.25) is 0 Å². The van der Waals surface area contributed by atoms with Crippen LogP contribution in [0.2, 0.25) is 0 Å². The van der Waals surface area contributed by atoms with Crippen LogP contribution in [0.3, 0.4) is 0 Å². The average Bonchev–Trinajstić information content (AvgIpc) is 3.57. The van der Waals surface area contributed by atoms with Crippen LogP contribution in [0.25, 0.3) is 89.1 Å². The maximum absolute atomic E-state index is 9.46. The van der Waals surface area contributed by atoms with Crippen molar-refractivity contribution in [3.63, 3.8) is 0 Å². The number of fused-ring (bicyclic) bond motifs is 5.